The number of rotatable bonds is 6. The Morgan fingerprint density at radius 2 is 1.88 bits per heavy atom. The number of quaternary nitrogens is 1. The normalized spacial score (nSPS) is 18.7. The molecule has 0 spiro atoms. The van der Waals surface area contributed by atoms with E-state index in [1.807, 2.05) is 0 Å². The topological polar surface area (TPSA) is 108 Å². The fraction of sp³-hybridized carbons (Fsp3) is 0.500. The van der Waals surface area contributed by atoms with E-state index in [0.717, 1.165) is 4.90 Å². The van der Waals surface area contributed by atoms with Gasteiger partial charge in [-0.15, -0.1) is 0 Å². The molecule has 0 aromatic heterocycles. The molecule has 24 heavy (non-hydrogen) atoms. The summed E-state index contributed by atoms with van der Waals surface area (Å²) in [5.41, 5.74) is 0.525. The first-order chi connectivity index (χ1) is 11.3. The third-order valence-electron chi connectivity index (χ3n) is 3.84. The summed E-state index contributed by atoms with van der Waals surface area (Å²) >= 11 is 3.22. The van der Waals surface area contributed by atoms with Crippen molar-refractivity contribution in [2.45, 2.75) is 4.83 Å². The molecule has 8 nitrogen and oxygen atoms in total. The van der Waals surface area contributed by atoms with Crippen molar-refractivity contribution in [3.05, 3.63) is 39.9 Å². The van der Waals surface area contributed by atoms with Gasteiger partial charge in [0.15, 0.2) is 9.84 Å². The van der Waals surface area contributed by atoms with E-state index in [1.54, 1.807) is 0 Å². The molecular formula is C14H18BrN2O6S+. The second kappa shape index (κ2) is 8.04. The molecule has 132 valence electrons. The average molecular weight is 422 g/mol. The number of carbonyl (C=O) groups is 1. The third-order valence-corrected chi connectivity index (χ3v) is 6.39. The molecule has 1 aliphatic rings. The summed E-state index contributed by atoms with van der Waals surface area (Å²) in [6.07, 6.45) is 0. The predicted molar refractivity (Wildman–Crippen MR) is 89.9 cm³/mol. The smallest absolute Gasteiger partial charge is 0.324 e. The van der Waals surface area contributed by atoms with Crippen LogP contribution in [0.15, 0.2) is 24.3 Å². The molecule has 10 heteroatoms. The first-order valence-electron chi connectivity index (χ1n) is 7.37. The quantitative estimate of drug-likeness (QED) is 0.297. The third kappa shape index (κ3) is 5.25. The van der Waals surface area contributed by atoms with E-state index in [0.29, 0.717) is 25.2 Å². The number of non-ortho nitro benzene ring substituents is 1. The highest BCUT2D eigenvalue weighted by molar-refractivity contribution is 9.09. The second-order valence-corrected chi connectivity index (χ2v) is 8.75. The minimum Gasteiger partial charge on any atom is -0.459 e. The Morgan fingerprint density at radius 1 is 1.29 bits per heavy atom. The highest BCUT2D eigenvalue weighted by Crippen LogP contribution is 2.25. The van der Waals surface area contributed by atoms with E-state index in [-0.39, 0.29) is 23.8 Å². The first-order valence-corrected chi connectivity index (χ1v) is 10.1. The van der Waals surface area contributed by atoms with Gasteiger partial charge >= 0.3 is 5.97 Å². The van der Waals surface area contributed by atoms with Crippen molar-refractivity contribution in [2.75, 3.05) is 37.7 Å². The number of carbonyl (C=O) groups excluding carboxylic acids is 1. The Labute approximate surface area is 148 Å². The Morgan fingerprint density at radius 3 is 2.42 bits per heavy atom. The molecule has 1 aromatic carbocycles. The van der Waals surface area contributed by atoms with Gasteiger partial charge in [0.25, 0.3) is 5.69 Å². The van der Waals surface area contributed by atoms with Crippen molar-refractivity contribution in [1.29, 1.82) is 0 Å². The van der Waals surface area contributed by atoms with Crippen LogP contribution in [-0.4, -0.2) is 57.1 Å². The molecule has 1 aromatic rings. The molecule has 0 amide bonds. The number of esters is 1. The zero-order chi connectivity index (χ0) is 17.7. The number of hydrogen-bond donors (Lipinski definition) is 1. The molecular weight excluding hydrogens is 404 g/mol. The zero-order valence-electron chi connectivity index (χ0n) is 12.8. The molecule has 1 atom stereocenters. The van der Waals surface area contributed by atoms with Gasteiger partial charge in [-0.05, 0) is 5.56 Å². The zero-order valence-corrected chi connectivity index (χ0v) is 15.2. The molecule has 2 rings (SSSR count). The van der Waals surface area contributed by atoms with E-state index < -0.39 is 25.6 Å². The van der Waals surface area contributed by atoms with E-state index in [4.69, 9.17) is 4.74 Å². The van der Waals surface area contributed by atoms with Crippen LogP contribution >= 0.6 is 15.9 Å². The van der Waals surface area contributed by atoms with Gasteiger partial charge in [0.05, 0.1) is 29.5 Å². The number of benzene rings is 1. The van der Waals surface area contributed by atoms with Crippen LogP contribution in [0.5, 0.6) is 0 Å². The van der Waals surface area contributed by atoms with E-state index >= 15 is 0 Å². The molecule has 1 unspecified atom stereocenters. The highest BCUT2D eigenvalue weighted by Gasteiger charge is 2.25. The molecule has 0 aliphatic carbocycles. The summed E-state index contributed by atoms with van der Waals surface area (Å²) in [6, 6.07) is 5.66. The molecule has 1 heterocycles. The molecule has 1 aliphatic heterocycles. The van der Waals surface area contributed by atoms with Crippen LogP contribution in [0.2, 0.25) is 0 Å². The Kier molecular flexibility index (Phi) is 6.30. The summed E-state index contributed by atoms with van der Waals surface area (Å²) in [6.45, 7) is 1.81. The maximum absolute atomic E-state index is 12.0. The summed E-state index contributed by atoms with van der Waals surface area (Å²) < 4.78 is 27.9. The number of nitro benzene ring substituents is 1. The van der Waals surface area contributed by atoms with Crippen molar-refractivity contribution < 1.29 is 27.8 Å². The summed E-state index contributed by atoms with van der Waals surface area (Å²) in [5.74, 6) is -0.145. The van der Waals surface area contributed by atoms with E-state index in [1.165, 1.54) is 24.3 Å². The van der Waals surface area contributed by atoms with Crippen LogP contribution in [0.25, 0.3) is 0 Å². The van der Waals surface area contributed by atoms with Gasteiger partial charge in [-0.1, -0.05) is 28.1 Å². The molecule has 1 N–H and O–H groups in total. The minimum atomic E-state index is -2.90. The van der Waals surface area contributed by atoms with E-state index in [2.05, 4.69) is 15.9 Å². The SMILES string of the molecule is O=C(OCC[NH+]1CCS(=O)(=O)CC1)C(Br)c1ccc([N+](=O)[O-])cc1. The van der Waals surface area contributed by atoms with Crippen LogP contribution < -0.4 is 4.90 Å². The van der Waals surface area contributed by atoms with Gasteiger partial charge in [-0.2, -0.15) is 0 Å². The van der Waals surface area contributed by atoms with Crippen molar-refractivity contribution >= 4 is 37.4 Å². The van der Waals surface area contributed by atoms with Gasteiger partial charge in [0, 0.05) is 12.1 Å². The van der Waals surface area contributed by atoms with Crippen molar-refractivity contribution in [3.63, 3.8) is 0 Å². The maximum atomic E-state index is 12.0. The Hall–Kier alpha value is -1.52. The number of nitrogens with one attached hydrogen (secondary N) is 1. The second-order valence-electron chi connectivity index (χ2n) is 5.53. The van der Waals surface area contributed by atoms with Crippen LogP contribution in [0, 0.1) is 10.1 Å². The monoisotopic (exact) mass is 421 g/mol. The van der Waals surface area contributed by atoms with Gasteiger partial charge in [-0.25, -0.2) is 8.42 Å². The number of hydrogen-bond acceptors (Lipinski definition) is 6. The van der Waals surface area contributed by atoms with Crippen LogP contribution in [0.4, 0.5) is 5.69 Å². The fourth-order valence-electron chi connectivity index (χ4n) is 2.35. The molecule has 0 radical (unpaired) electrons. The van der Waals surface area contributed by atoms with Gasteiger partial charge in [-0.3, -0.25) is 14.9 Å². The Bertz CT molecular complexity index is 692. The Balaban J connectivity index is 1.78. The average Bonchev–Trinajstić information content (AvgIpc) is 2.55. The van der Waals surface area contributed by atoms with Crippen molar-refractivity contribution in [1.82, 2.24) is 0 Å². The summed E-state index contributed by atoms with van der Waals surface area (Å²) in [7, 11) is -2.90. The number of halogens is 1. The largest absolute Gasteiger partial charge is 0.459 e. The van der Waals surface area contributed by atoms with Gasteiger partial charge in [0.1, 0.15) is 18.0 Å². The minimum absolute atomic E-state index is 0.0459. The molecule has 0 saturated carbocycles. The lowest BCUT2D eigenvalue weighted by molar-refractivity contribution is -0.896. The highest BCUT2D eigenvalue weighted by atomic mass is 79.9. The summed E-state index contributed by atoms with van der Waals surface area (Å²) in [5, 5.41) is 10.6. The molecule has 0 bridgehead atoms. The fourth-order valence-corrected chi connectivity index (χ4v) is 4.19. The summed E-state index contributed by atoms with van der Waals surface area (Å²) in [4.78, 5) is 22.5. The first kappa shape index (κ1) is 18.8. The standard InChI is InChI=1S/C14H17BrN2O6S/c15-13(11-1-3-12(4-2-11)17(19)20)14(18)23-8-5-16-6-9-24(21,22)10-7-16/h1-4,13H,5-10H2/p+1. The maximum Gasteiger partial charge on any atom is 0.324 e. The lowest BCUT2D eigenvalue weighted by atomic mass is 10.1. The number of nitro groups is 1. The van der Waals surface area contributed by atoms with Crippen LogP contribution in [0.3, 0.4) is 0 Å². The predicted octanol–water partition coefficient (Wildman–Crippen LogP) is -0.113. The number of ether oxygens (including phenoxy) is 1. The van der Waals surface area contributed by atoms with Crippen molar-refractivity contribution in [2.24, 2.45) is 0 Å². The van der Waals surface area contributed by atoms with E-state index in [9.17, 15) is 23.3 Å². The molecule has 1 fully saturated rings. The lowest BCUT2D eigenvalue weighted by Crippen LogP contribution is -3.14. The number of sulfone groups is 1. The molecule has 1 saturated heterocycles. The van der Waals surface area contributed by atoms with Crippen molar-refractivity contribution in [3.8, 4) is 0 Å². The van der Waals surface area contributed by atoms with Gasteiger partial charge in [0.2, 0.25) is 0 Å². The number of nitrogens with zero attached hydrogens (tertiary/aromatic N) is 1. The number of alkyl halides is 1. The van der Waals surface area contributed by atoms with Crippen LogP contribution in [-0.2, 0) is 19.4 Å². The van der Waals surface area contributed by atoms with Gasteiger partial charge < -0.3 is 9.64 Å². The lowest BCUT2D eigenvalue weighted by Gasteiger charge is -2.23. The van der Waals surface area contributed by atoms with Crippen LogP contribution in [0.1, 0.15) is 10.4 Å².